The molecule has 0 bridgehead atoms. The molecule has 1 aliphatic heterocycles. The average molecular weight is 311 g/mol. The molecule has 0 atom stereocenters. The van der Waals surface area contributed by atoms with Crippen molar-refractivity contribution in [3.63, 3.8) is 0 Å². The molecule has 0 amide bonds. The van der Waals surface area contributed by atoms with E-state index in [1.807, 2.05) is 4.90 Å². The first-order valence-electron chi connectivity index (χ1n) is 7.19. The van der Waals surface area contributed by atoms with Gasteiger partial charge in [-0.1, -0.05) is 12.1 Å². The largest absolute Gasteiger partial charge is 0.451 e. The Balaban J connectivity index is 2.04. The van der Waals surface area contributed by atoms with Crippen LogP contribution in [0.15, 0.2) is 24.3 Å². The molecule has 2 heterocycles. The molecule has 0 aliphatic carbocycles. The van der Waals surface area contributed by atoms with Crippen LogP contribution in [0.5, 0.6) is 0 Å². The third kappa shape index (κ3) is 2.85. The van der Waals surface area contributed by atoms with Gasteiger partial charge in [-0.05, 0) is 30.9 Å². The molecule has 118 valence electrons. The van der Waals surface area contributed by atoms with E-state index in [2.05, 4.69) is 9.97 Å². The number of aromatic nitrogens is 2. The summed E-state index contributed by atoms with van der Waals surface area (Å²) in [6, 6.07) is 6.74. The van der Waals surface area contributed by atoms with E-state index < -0.39 is 12.0 Å². The fraction of sp³-hybridized carbons (Fsp3) is 0.467. The Kier molecular flexibility index (Phi) is 3.90. The van der Waals surface area contributed by atoms with E-state index in [-0.39, 0.29) is 12.5 Å². The molecule has 0 unspecified atom stereocenters. The summed E-state index contributed by atoms with van der Waals surface area (Å²) in [5.74, 6) is -0.564. The fourth-order valence-electron chi connectivity index (χ4n) is 2.76. The van der Waals surface area contributed by atoms with Crippen LogP contribution < -0.4 is 4.90 Å². The molecule has 7 heteroatoms. The molecule has 4 nitrogen and oxygen atoms in total. The Morgan fingerprint density at radius 1 is 1.14 bits per heavy atom. The molecule has 0 spiro atoms. The molecule has 3 rings (SSSR count). The average Bonchev–Trinajstić information content (AvgIpc) is 2.53. The minimum atomic E-state index is -4.57. The molecule has 1 N–H and O–H groups in total. The molecule has 22 heavy (non-hydrogen) atoms. The van der Waals surface area contributed by atoms with Gasteiger partial charge < -0.3 is 10.0 Å². The van der Waals surface area contributed by atoms with Gasteiger partial charge in [-0.2, -0.15) is 13.2 Å². The summed E-state index contributed by atoms with van der Waals surface area (Å²) in [6.07, 6.45) is -3.07. The Morgan fingerprint density at radius 2 is 1.82 bits per heavy atom. The van der Waals surface area contributed by atoms with Gasteiger partial charge in [0.2, 0.25) is 5.82 Å². The zero-order valence-electron chi connectivity index (χ0n) is 11.8. The maximum absolute atomic E-state index is 13.0. The molecule has 1 aliphatic rings. The highest BCUT2D eigenvalue weighted by molar-refractivity contribution is 5.89. The van der Waals surface area contributed by atoms with Crippen LogP contribution in [-0.2, 0) is 6.18 Å². The number of hydrogen-bond donors (Lipinski definition) is 1. The number of para-hydroxylation sites is 1. The topological polar surface area (TPSA) is 49.2 Å². The van der Waals surface area contributed by atoms with Crippen molar-refractivity contribution in [1.82, 2.24) is 9.97 Å². The van der Waals surface area contributed by atoms with Gasteiger partial charge >= 0.3 is 6.18 Å². The monoisotopic (exact) mass is 311 g/mol. The standard InChI is InChI=1S/C15H16F3N3O/c16-15(17,18)14-19-12-4-2-1-3-11(12)13(20-14)21-7-5-10(9-22)6-8-21/h1-4,10,22H,5-9H2. The summed E-state index contributed by atoms with van der Waals surface area (Å²) >= 11 is 0. The van der Waals surface area contributed by atoms with E-state index in [4.69, 9.17) is 0 Å². The van der Waals surface area contributed by atoms with Gasteiger partial charge in [0.05, 0.1) is 5.52 Å². The van der Waals surface area contributed by atoms with Crippen molar-refractivity contribution in [2.45, 2.75) is 19.0 Å². The van der Waals surface area contributed by atoms with Crippen LogP contribution in [0.25, 0.3) is 10.9 Å². The number of nitrogens with zero attached hydrogens (tertiary/aromatic N) is 3. The first-order chi connectivity index (χ1) is 10.5. The highest BCUT2D eigenvalue weighted by Crippen LogP contribution is 2.33. The molecule has 2 aromatic rings. The van der Waals surface area contributed by atoms with Crippen LogP contribution in [0, 0.1) is 5.92 Å². The highest BCUT2D eigenvalue weighted by Gasteiger charge is 2.36. The smallest absolute Gasteiger partial charge is 0.396 e. The maximum Gasteiger partial charge on any atom is 0.451 e. The second-order valence-corrected chi connectivity index (χ2v) is 5.50. The molecular weight excluding hydrogens is 295 g/mol. The van der Waals surface area contributed by atoms with E-state index in [1.54, 1.807) is 24.3 Å². The number of rotatable bonds is 2. The first kappa shape index (κ1) is 15.0. The maximum atomic E-state index is 13.0. The van der Waals surface area contributed by atoms with Crippen molar-refractivity contribution in [1.29, 1.82) is 0 Å². The zero-order valence-corrected chi connectivity index (χ0v) is 11.8. The van der Waals surface area contributed by atoms with Gasteiger partial charge in [-0.25, -0.2) is 9.97 Å². The van der Waals surface area contributed by atoms with E-state index in [1.165, 1.54) is 0 Å². The van der Waals surface area contributed by atoms with E-state index in [0.29, 0.717) is 29.8 Å². The molecule has 0 radical (unpaired) electrons. The van der Waals surface area contributed by atoms with Crippen LogP contribution in [0.3, 0.4) is 0 Å². The minimum absolute atomic E-state index is 0.117. The number of halogens is 3. The van der Waals surface area contributed by atoms with Crippen LogP contribution in [0.2, 0.25) is 0 Å². The lowest BCUT2D eigenvalue weighted by Crippen LogP contribution is -2.35. The fourth-order valence-corrected chi connectivity index (χ4v) is 2.76. The van der Waals surface area contributed by atoms with Crippen molar-refractivity contribution >= 4 is 16.7 Å². The van der Waals surface area contributed by atoms with Crippen molar-refractivity contribution in [3.05, 3.63) is 30.1 Å². The van der Waals surface area contributed by atoms with Crippen LogP contribution in [0.1, 0.15) is 18.7 Å². The quantitative estimate of drug-likeness (QED) is 0.926. The van der Waals surface area contributed by atoms with Crippen molar-refractivity contribution in [2.24, 2.45) is 5.92 Å². The Bertz CT molecular complexity index is 667. The van der Waals surface area contributed by atoms with Crippen molar-refractivity contribution in [3.8, 4) is 0 Å². The number of aliphatic hydroxyl groups excluding tert-OH is 1. The Hall–Kier alpha value is -1.89. The van der Waals surface area contributed by atoms with Crippen LogP contribution in [0.4, 0.5) is 19.0 Å². The Labute approximate surface area is 125 Å². The third-order valence-corrected chi connectivity index (χ3v) is 4.01. The van der Waals surface area contributed by atoms with Gasteiger partial charge in [-0.15, -0.1) is 0 Å². The number of fused-ring (bicyclic) bond motifs is 1. The second kappa shape index (κ2) is 5.72. The second-order valence-electron chi connectivity index (χ2n) is 5.50. The number of anilines is 1. The van der Waals surface area contributed by atoms with Gasteiger partial charge in [0.15, 0.2) is 0 Å². The normalized spacial score (nSPS) is 17.2. The highest BCUT2D eigenvalue weighted by atomic mass is 19.4. The summed E-state index contributed by atoms with van der Waals surface area (Å²) < 4.78 is 39.0. The molecule has 0 saturated carbocycles. The number of hydrogen-bond acceptors (Lipinski definition) is 4. The Morgan fingerprint density at radius 3 is 2.45 bits per heavy atom. The summed E-state index contributed by atoms with van der Waals surface area (Å²) in [5, 5.41) is 9.80. The van der Waals surface area contributed by atoms with Gasteiger partial charge in [-0.3, -0.25) is 0 Å². The van der Waals surface area contributed by atoms with Crippen molar-refractivity contribution in [2.75, 3.05) is 24.6 Å². The zero-order chi connectivity index (χ0) is 15.7. The summed E-state index contributed by atoms with van der Waals surface area (Å²) in [6.45, 7) is 1.29. The first-order valence-corrected chi connectivity index (χ1v) is 7.19. The van der Waals surface area contributed by atoms with Crippen LogP contribution >= 0.6 is 0 Å². The number of aliphatic hydroxyl groups is 1. The molecule has 1 aromatic carbocycles. The van der Waals surface area contributed by atoms with Crippen molar-refractivity contribution < 1.29 is 18.3 Å². The molecule has 1 aromatic heterocycles. The molecule has 1 fully saturated rings. The van der Waals surface area contributed by atoms with E-state index in [9.17, 15) is 18.3 Å². The van der Waals surface area contributed by atoms with Crippen LogP contribution in [-0.4, -0.2) is 34.8 Å². The summed E-state index contributed by atoms with van der Waals surface area (Å²) in [4.78, 5) is 9.26. The SMILES string of the molecule is OCC1CCN(c2nc(C(F)(F)F)nc3ccccc23)CC1. The number of alkyl halides is 3. The summed E-state index contributed by atoms with van der Waals surface area (Å²) in [5.41, 5.74) is 0.295. The summed E-state index contributed by atoms with van der Waals surface area (Å²) in [7, 11) is 0. The lowest BCUT2D eigenvalue weighted by Gasteiger charge is -2.32. The predicted molar refractivity (Wildman–Crippen MR) is 76.6 cm³/mol. The number of benzene rings is 1. The number of piperidine rings is 1. The predicted octanol–water partition coefficient (Wildman–Crippen LogP) is 2.86. The molecule has 1 saturated heterocycles. The third-order valence-electron chi connectivity index (χ3n) is 4.01. The lowest BCUT2D eigenvalue weighted by molar-refractivity contribution is -0.144. The van der Waals surface area contributed by atoms with Gasteiger partial charge in [0, 0.05) is 25.1 Å². The van der Waals surface area contributed by atoms with Gasteiger partial charge in [0.25, 0.3) is 0 Å². The lowest BCUT2D eigenvalue weighted by atomic mass is 9.98. The van der Waals surface area contributed by atoms with E-state index >= 15 is 0 Å². The van der Waals surface area contributed by atoms with E-state index in [0.717, 1.165) is 12.8 Å². The van der Waals surface area contributed by atoms with Gasteiger partial charge in [0.1, 0.15) is 5.82 Å². The molecular formula is C15H16F3N3O. The minimum Gasteiger partial charge on any atom is -0.396 e.